The van der Waals surface area contributed by atoms with Crippen LogP contribution in [0.15, 0.2) is 48.5 Å². The second-order valence-electron chi connectivity index (χ2n) is 5.20. The second-order valence-corrected chi connectivity index (χ2v) is 5.20. The van der Waals surface area contributed by atoms with Crippen LogP contribution in [-0.2, 0) is 6.42 Å². The van der Waals surface area contributed by atoms with Gasteiger partial charge in [0.1, 0.15) is 11.5 Å². The summed E-state index contributed by atoms with van der Waals surface area (Å²) < 4.78 is 0. The largest absolute Gasteiger partial charge is 0.508 e. The van der Waals surface area contributed by atoms with Crippen molar-refractivity contribution < 1.29 is 15.3 Å². The topological polar surface area (TPSA) is 72.7 Å². The van der Waals surface area contributed by atoms with Gasteiger partial charge in [0.25, 0.3) is 0 Å². The van der Waals surface area contributed by atoms with E-state index in [9.17, 15) is 15.3 Å². The van der Waals surface area contributed by atoms with Crippen LogP contribution >= 0.6 is 0 Å². The van der Waals surface area contributed by atoms with Gasteiger partial charge in [-0.2, -0.15) is 0 Å². The van der Waals surface area contributed by atoms with Crippen molar-refractivity contribution >= 4 is 0 Å². The van der Waals surface area contributed by atoms with Crippen molar-refractivity contribution in [3.8, 4) is 11.5 Å². The van der Waals surface area contributed by atoms with Gasteiger partial charge in [0.15, 0.2) is 0 Å². The van der Waals surface area contributed by atoms with Crippen LogP contribution in [0.25, 0.3) is 0 Å². The lowest BCUT2D eigenvalue weighted by atomic mass is 10.0. The number of phenols is 2. The Morgan fingerprint density at radius 3 is 2.43 bits per heavy atom. The quantitative estimate of drug-likeness (QED) is 0.615. The molecule has 0 heterocycles. The highest BCUT2D eigenvalue weighted by Gasteiger charge is 2.16. The summed E-state index contributed by atoms with van der Waals surface area (Å²) in [4.78, 5) is 0. The highest BCUT2D eigenvalue weighted by molar-refractivity contribution is 5.40. The van der Waals surface area contributed by atoms with E-state index in [-0.39, 0.29) is 30.2 Å². The Balaban J connectivity index is 2.05. The lowest BCUT2D eigenvalue weighted by Crippen LogP contribution is -2.36. The maximum absolute atomic E-state index is 9.87. The summed E-state index contributed by atoms with van der Waals surface area (Å²) in [5, 5.41) is 32.2. The molecule has 2 atom stereocenters. The lowest BCUT2D eigenvalue weighted by molar-refractivity contribution is 0.232. The minimum absolute atomic E-state index is 0.00118. The molecule has 0 aromatic heterocycles. The molecule has 2 rings (SSSR count). The molecule has 0 bridgehead atoms. The standard InChI is InChI=1S/C17H21NO3/c1-12(16-10-15(20)7-8-17(16)21)18-14(11-19)9-13-5-3-2-4-6-13/h2-8,10,12,14,18-21H,9,11H2,1H3/t12?,14-/m1/s1. The van der Waals surface area contributed by atoms with Crippen LogP contribution in [0.1, 0.15) is 24.1 Å². The number of hydrogen-bond donors (Lipinski definition) is 4. The minimum atomic E-state index is -0.182. The van der Waals surface area contributed by atoms with E-state index in [2.05, 4.69) is 5.32 Å². The normalized spacial score (nSPS) is 13.8. The Morgan fingerprint density at radius 1 is 1.05 bits per heavy atom. The number of rotatable bonds is 6. The molecule has 0 aliphatic heterocycles. The average Bonchev–Trinajstić information content (AvgIpc) is 2.50. The second kappa shape index (κ2) is 7.11. The van der Waals surface area contributed by atoms with Crippen molar-refractivity contribution in [1.29, 1.82) is 0 Å². The van der Waals surface area contributed by atoms with Gasteiger partial charge in [-0.15, -0.1) is 0 Å². The van der Waals surface area contributed by atoms with E-state index in [1.165, 1.54) is 18.2 Å². The lowest BCUT2D eigenvalue weighted by Gasteiger charge is -2.23. The molecule has 4 N–H and O–H groups in total. The fraction of sp³-hybridized carbons (Fsp3) is 0.294. The Kier molecular flexibility index (Phi) is 5.20. The molecule has 0 amide bonds. The molecule has 0 aliphatic rings. The Morgan fingerprint density at radius 2 is 1.76 bits per heavy atom. The fourth-order valence-electron chi connectivity index (χ4n) is 2.41. The van der Waals surface area contributed by atoms with Gasteiger partial charge in [-0.1, -0.05) is 30.3 Å². The molecule has 1 unspecified atom stereocenters. The Bertz CT molecular complexity index is 572. The summed E-state index contributed by atoms with van der Waals surface area (Å²) in [6.07, 6.45) is 0.696. The summed E-state index contributed by atoms with van der Waals surface area (Å²) >= 11 is 0. The first-order valence-electron chi connectivity index (χ1n) is 7.03. The van der Waals surface area contributed by atoms with E-state index in [0.29, 0.717) is 12.0 Å². The molecule has 2 aromatic carbocycles. The molecule has 4 nitrogen and oxygen atoms in total. The van der Waals surface area contributed by atoms with Crippen molar-refractivity contribution in [2.24, 2.45) is 0 Å². The van der Waals surface area contributed by atoms with Gasteiger partial charge in [0.2, 0.25) is 0 Å². The van der Waals surface area contributed by atoms with Crippen LogP contribution in [0.4, 0.5) is 0 Å². The van der Waals surface area contributed by atoms with Crippen molar-refractivity contribution in [2.45, 2.75) is 25.4 Å². The predicted octanol–water partition coefficient (Wildman–Crippen LogP) is 2.35. The number of aromatic hydroxyl groups is 2. The maximum atomic E-state index is 9.87. The summed E-state index contributed by atoms with van der Waals surface area (Å²) in [6, 6.07) is 14.1. The molecule has 0 fully saturated rings. The van der Waals surface area contributed by atoms with E-state index in [1.807, 2.05) is 37.3 Å². The zero-order valence-corrected chi connectivity index (χ0v) is 12.0. The van der Waals surface area contributed by atoms with Gasteiger partial charge in [-0.25, -0.2) is 0 Å². The molecule has 0 saturated heterocycles. The molecule has 112 valence electrons. The van der Waals surface area contributed by atoms with Gasteiger partial charge in [-0.3, -0.25) is 0 Å². The van der Waals surface area contributed by atoms with E-state index in [1.54, 1.807) is 0 Å². The summed E-state index contributed by atoms with van der Waals surface area (Å²) in [7, 11) is 0. The summed E-state index contributed by atoms with van der Waals surface area (Å²) in [5.74, 6) is 0.240. The van der Waals surface area contributed by atoms with E-state index < -0.39 is 0 Å². The first-order valence-corrected chi connectivity index (χ1v) is 7.03. The van der Waals surface area contributed by atoms with Crippen LogP contribution in [0.3, 0.4) is 0 Å². The third kappa shape index (κ3) is 4.21. The molecular weight excluding hydrogens is 266 g/mol. The molecule has 4 heteroatoms. The number of aliphatic hydroxyl groups is 1. The van der Waals surface area contributed by atoms with Crippen LogP contribution in [-0.4, -0.2) is 28.0 Å². The van der Waals surface area contributed by atoms with Gasteiger partial charge >= 0.3 is 0 Å². The van der Waals surface area contributed by atoms with Crippen molar-refractivity contribution in [3.63, 3.8) is 0 Å². The highest BCUT2D eigenvalue weighted by atomic mass is 16.3. The zero-order chi connectivity index (χ0) is 15.2. The average molecular weight is 287 g/mol. The molecule has 0 radical (unpaired) electrons. The van der Waals surface area contributed by atoms with Gasteiger partial charge < -0.3 is 20.6 Å². The smallest absolute Gasteiger partial charge is 0.120 e. The van der Waals surface area contributed by atoms with Crippen LogP contribution in [0.5, 0.6) is 11.5 Å². The van der Waals surface area contributed by atoms with Gasteiger partial charge in [0.05, 0.1) is 6.61 Å². The van der Waals surface area contributed by atoms with E-state index in [0.717, 1.165) is 5.56 Å². The van der Waals surface area contributed by atoms with E-state index >= 15 is 0 Å². The SMILES string of the molecule is CC(N[C@@H](CO)Cc1ccccc1)c1cc(O)ccc1O. The predicted molar refractivity (Wildman–Crippen MR) is 82.3 cm³/mol. The Labute approximate surface area is 124 Å². The number of aliphatic hydroxyl groups excluding tert-OH is 1. The third-order valence-corrected chi connectivity index (χ3v) is 3.51. The summed E-state index contributed by atoms with van der Waals surface area (Å²) in [6.45, 7) is 1.89. The highest BCUT2D eigenvalue weighted by Crippen LogP contribution is 2.28. The Hall–Kier alpha value is -2.04. The van der Waals surface area contributed by atoms with E-state index in [4.69, 9.17) is 0 Å². The van der Waals surface area contributed by atoms with Crippen molar-refractivity contribution in [3.05, 3.63) is 59.7 Å². The number of phenolic OH excluding ortho intramolecular Hbond substituents is 2. The molecule has 0 saturated carbocycles. The van der Waals surface area contributed by atoms with Crippen LogP contribution in [0, 0.1) is 0 Å². The molecule has 0 aliphatic carbocycles. The first-order chi connectivity index (χ1) is 10.1. The minimum Gasteiger partial charge on any atom is -0.508 e. The molecule has 0 spiro atoms. The number of benzene rings is 2. The summed E-state index contributed by atoms with van der Waals surface area (Å²) in [5.41, 5.74) is 1.75. The van der Waals surface area contributed by atoms with Gasteiger partial charge in [0, 0.05) is 17.6 Å². The van der Waals surface area contributed by atoms with Crippen molar-refractivity contribution in [1.82, 2.24) is 5.32 Å². The monoisotopic (exact) mass is 287 g/mol. The molecule has 2 aromatic rings. The maximum Gasteiger partial charge on any atom is 0.120 e. The van der Waals surface area contributed by atoms with Crippen LogP contribution in [0.2, 0.25) is 0 Å². The third-order valence-electron chi connectivity index (χ3n) is 3.51. The number of nitrogens with one attached hydrogen (secondary N) is 1. The zero-order valence-electron chi connectivity index (χ0n) is 12.0. The number of hydrogen-bond acceptors (Lipinski definition) is 4. The fourth-order valence-corrected chi connectivity index (χ4v) is 2.41. The molecular formula is C17H21NO3. The molecule has 21 heavy (non-hydrogen) atoms. The van der Waals surface area contributed by atoms with Gasteiger partial charge in [-0.05, 0) is 37.1 Å². The first kappa shape index (κ1) is 15.4. The van der Waals surface area contributed by atoms with Crippen LogP contribution < -0.4 is 5.32 Å². The van der Waals surface area contributed by atoms with Crippen molar-refractivity contribution in [2.75, 3.05) is 6.61 Å².